The Balaban J connectivity index is 1.54. The average molecular weight is 479 g/mol. The zero-order valence-electron chi connectivity index (χ0n) is 18.0. The molecule has 0 aliphatic heterocycles. The molecule has 172 valence electrons. The SMILES string of the molecule is O=[P@](NCc1ccccc1)(OC1c2ccccc2-c2ccccc21)c1ccc(C(F)(F)F)cc1. The highest BCUT2D eigenvalue weighted by Crippen LogP contribution is 2.54. The van der Waals surface area contributed by atoms with E-state index < -0.39 is 25.4 Å². The molecule has 1 aliphatic carbocycles. The fourth-order valence-electron chi connectivity index (χ4n) is 4.20. The zero-order chi connectivity index (χ0) is 23.8. The Hall–Kier alpha value is -3.18. The molecule has 7 heteroatoms. The van der Waals surface area contributed by atoms with Crippen molar-refractivity contribution in [2.24, 2.45) is 0 Å². The Kier molecular flexibility index (Phi) is 5.90. The third-order valence-corrected chi connectivity index (χ3v) is 7.96. The molecule has 1 atom stereocenters. The zero-order valence-corrected chi connectivity index (χ0v) is 18.9. The van der Waals surface area contributed by atoms with Gasteiger partial charge in [-0.2, -0.15) is 13.2 Å². The summed E-state index contributed by atoms with van der Waals surface area (Å²) in [6, 6.07) is 29.2. The Morgan fingerprint density at radius 2 is 1.26 bits per heavy atom. The molecule has 0 bridgehead atoms. The van der Waals surface area contributed by atoms with Gasteiger partial charge in [0.1, 0.15) is 6.10 Å². The van der Waals surface area contributed by atoms with Crippen molar-refractivity contribution in [2.45, 2.75) is 18.8 Å². The molecule has 0 aromatic heterocycles. The van der Waals surface area contributed by atoms with E-state index in [1.807, 2.05) is 78.9 Å². The van der Waals surface area contributed by atoms with Crippen molar-refractivity contribution >= 4 is 12.8 Å². The van der Waals surface area contributed by atoms with Crippen LogP contribution in [0.4, 0.5) is 13.2 Å². The molecule has 4 aromatic carbocycles. The second-order valence-electron chi connectivity index (χ2n) is 8.08. The molecular weight excluding hydrogens is 458 g/mol. The van der Waals surface area contributed by atoms with Gasteiger partial charge in [-0.15, -0.1) is 0 Å². The first-order chi connectivity index (χ1) is 16.4. The van der Waals surface area contributed by atoms with Crippen LogP contribution in [0.1, 0.15) is 28.4 Å². The maximum absolute atomic E-state index is 14.3. The number of hydrogen-bond donors (Lipinski definition) is 1. The lowest BCUT2D eigenvalue weighted by atomic mass is 10.1. The smallest absolute Gasteiger partial charge is 0.301 e. The van der Waals surface area contributed by atoms with E-state index in [-0.39, 0.29) is 11.8 Å². The normalized spacial score (nSPS) is 14.9. The molecule has 5 rings (SSSR count). The summed E-state index contributed by atoms with van der Waals surface area (Å²) in [4.78, 5) is 0. The second-order valence-corrected chi connectivity index (χ2v) is 10.2. The first-order valence-electron chi connectivity index (χ1n) is 10.8. The molecule has 0 radical (unpaired) electrons. The topological polar surface area (TPSA) is 38.3 Å². The molecule has 0 unspecified atom stereocenters. The van der Waals surface area contributed by atoms with Gasteiger partial charge in [0.15, 0.2) is 0 Å². The van der Waals surface area contributed by atoms with Crippen molar-refractivity contribution in [1.82, 2.24) is 5.09 Å². The molecule has 34 heavy (non-hydrogen) atoms. The molecule has 0 fully saturated rings. The van der Waals surface area contributed by atoms with Gasteiger partial charge in [0.05, 0.1) is 10.9 Å². The fraction of sp³-hybridized carbons (Fsp3) is 0.111. The van der Waals surface area contributed by atoms with Crippen molar-refractivity contribution in [3.8, 4) is 11.1 Å². The van der Waals surface area contributed by atoms with Crippen molar-refractivity contribution in [3.63, 3.8) is 0 Å². The lowest BCUT2D eigenvalue weighted by molar-refractivity contribution is -0.137. The van der Waals surface area contributed by atoms with E-state index in [0.29, 0.717) is 0 Å². The highest BCUT2D eigenvalue weighted by Gasteiger charge is 2.37. The van der Waals surface area contributed by atoms with Gasteiger partial charge in [-0.3, -0.25) is 4.57 Å². The van der Waals surface area contributed by atoms with Crippen molar-refractivity contribution in [2.75, 3.05) is 0 Å². The standard InChI is InChI=1S/C27H21F3NO2P/c28-27(29,30)20-14-16-21(17-15-20)34(32,31-18-19-8-2-1-3-9-19)33-26-24-12-6-4-10-22(24)23-11-5-7-13-25(23)26/h1-17,26H,18H2,(H,31,32)/t34-/m0/s1. The Bertz CT molecular complexity index is 1310. The molecule has 0 saturated carbocycles. The predicted molar refractivity (Wildman–Crippen MR) is 127 cm³/mol. The van der Waals surface area contributed by atoms with Gasteiger partial charge < -0.3 is 4.52 Å². The van der Waals surface area contributed by atoms with E-state index in [1.54, 1.807) is 0 Å². The number of nitrogens with one attached hydrogen (secondary N) is 1. The van der Waals surface area contributed by atoms with Crippen LogP contribution < -0.4 is 10.4 Å². The number of halogens is 3. The molecule has 1 N–H and O–H groups in total. The fourth-order valence-corrected chi connectivity index (χ4v) is 6.03. The number of benzene rings is 4. The third kappa shape index (κ3) is 4.32. The first-order valence-corrected chi connectivity index (χ1v) is 12.4. The van der Waals surface area contributed by atoms with Crippen molar-refractivity contribution in [1.29, 1.82) is 0 Å². The van der Waals surface area contributed by atoms with Crippen LogP contribution in [0.25, 0.3) is 11.1 Å². The first kappa shape index (κ1) is 22.6. The minimum absolute atomic E-state index is 0.179. The maximum atomic E-state index is 14.3. The number of fused-ring (bicyclic) bond motifs is 3. The molecular formula is C27H21F3NO2P. The summed E-state index contributed by atoms with van der Waals surface area (Å²) in [6.07, 6.45) is -5.10. The minimum atomic E-state index is -4.48. The van der Waals surface area contributed by atoms with Crippen LogP contribution in [-0.4, -0.2) is 0 Å². The molecule has 0 amide bonds. The summed E-state index contributed by atoms with van der Waals surface area (Å²) in [5.74, 6) is 0. The number of hydrogen-bond acceptors (Lipinski definition) is 2. The molecule has 1 aliphatic rings. The van der Waals surface area contributed by atoms with E-state index in [4.69, 9.17) is 4.52 Å². The number of rotatable bonds is 6. The lowest BCUT2D eigenvalue weighted by Crippen LogP contribution is -2.23. The Labute approximate surface area is 195 Å². The van der Waals surface area contributed by atoms with Crippen molar-refractivity contribution in [3.05, 3.63) is 125 Å². The van der Waals surface area contributed by atoms with Crippen LogP contribution in [0.3, 0.4) is 0 Å². The monoisotopic (exact) mass is 479 g/mol. The lowest BCUT2D eigenvalue weighted by Gasteiger charge is -2.25. The van der Waals surface area contributed by atoms with Gasteiger partial charge in [0, 0.05) is 6.54 Å². The van der Waals surface area contributed by atoms with E-state index >= 15 is 0 Å². The van der Waals surface area contributed by atoms with Crippen LogP contribution in [0.2, 0.25) is 0 Å². The van der Waals surface area contributed by atoms with Gasteiger partial charge in [-0.05, 0) is 52.1 Å². The molecule has 4 aromatic rings. The van der Waals surface area contributed by atoms with Crippen LogP contribution in [-0.2, 0) is 21.8 Å². The maximum Gasteiger partial charge on any atom is 0.416 e. The molecule has 3 nitrogen and oxygen atoms in total. The van der Waals surface area contributed by atoms with Crippen LogP contribution in [0.5, 0.6) is 0 Å². The summed E-state index contributed by atoms with van der Waals surface area (Å²) >= 11 is 0. The van der Waals surface area contributed by atoms with E-state index in [9.17, 15) is 17.7 Å². The summed E-state index contributed by atoms with van der Waals surface area (Å²) in [5.41, 5.74) is 3.80. The summed E-state index contributed by atoms with van der Waals surface area (Å²) in [6.45, 7) is 0.231. The van der Waals surface area contributed by atoms with Gasteiger partial charge in [-0.25, -0.2) is 5.09 Å². The highest BCUT2D eigenvalue weighted by atomic mass is 31.2. The quantitative estimate of drug-likeness (QED) is 0.300. The van der Waals surface area contributed by atoms with Crippen LogP contribution >= 0.6 is 7.52 Å². The molecule has 0 saturated heterocycles. The molecule has 0 spiro atoms. The highest BCUT2D eigenvalue weighted by molar-refractivity contribution is 7.65. The van der Waals surface area contributed by atoms with E-state index in [1.165, 1.54) is 12.1 Å². The van der Waals surface area contributed by atoms with Crippen LogP contribution in [0.15, 0.2) is 103 Å². The van der Waals surface area contributed by atoms with Crippen molar-refractivity contribution < 1.29 is 22.3 Å². The average Bonchev–Trinajstić information content (AvgIpc) is 3.17. The Morgan fingerprint density at radius 3 is 1.82 bits per heavy atom. The van der Waals surface area contributed by atoms with Gasteiger partial charge >= 0.3 is 13.7 Å². The van der Waals surface area contributed by atoms with Gasteiger partial charge in [0.25, 0.3) is 0 Å². The van der Waals surface area contributed by atoms with E-state index in [2.05, 4.69) is 5.09 Å². The summed E-state index contributed by atoms with van der Waals surface area (Å²) in [7, 11) is -3.79. The number of alkyl halides is 3. The van der Waals surface area contributed by atoms with Gasteiger partial charge in [-0.1, -0.05) is 78.9 Å². The largest absolute Gasteiger partial charge is 0.416 e. The Morgan fingerprint density at radius 1 is 0.735 bits per heavy atom. The van der Waals surface area contributed by atoms with E-state index in [0.717, 1.165) is 39.9 Å². The third-order valence-electron chi connectivity index (χ3n) is 5.90. The van der Waals surface area contributed by atoms with Gasteiger partial charge in [0.2, 0.25) is 0 Å². The minimum Gasteiger partial charge on any atom is -0.301 e. The second kappa shape index (κ2) is 8.88. The van der Waals surface area contributed by atoms with Crippen LogP contribution in [0, 0.1) is 0 Å². The summed E-state index contributed by atoms with van der Waals surface area (Å²) in [5, 5.41) is 3.21. The summed E-state index contributed by atoms with van der Waals surface area (Å²) < 4.78 is 60.0. The predicted octanol–water partition coefficient (Wildman–Crippen LogP) is 7.10. The molecule has 0 heterocycles.